The third-order valence-corrected chi connectivity index (χ3v) is 1.67. The van der Waals surface area contributed by atoms with E-state index in [1.807, 2.05) is 0 Å². The van der Waals surface area contributed by atoms with Crippen LogP contribution in [0.4, 0.5) is 0 Å². The van der Waals surface area contributed by atoms with Crippen molar-refractivity contribution in [2.75, 3.05) is 13.7 Å². The molecule has 1 unspecified atom stereocenters. The average Bonchev–Trinajstić information content (AvgIpc) is 2.02. The zero-order valence-electron chi connectivity index (χ0n) is 7.52. The van der Waals surface area contributed by atoms with Crippen molar-refractivity contribution < 1.29 is 24.5 Å². The van der Waals surface area contributed by atoms with Crippen LogP contribution in [0.5, 0.6) is 0 Å². The highest BCUT2D eigenvalue weighted by atomic mass is 16.5. The Balaban J connectivity index is 3.81. The Kier molecular flexibility index (Phi) is 5.88. The number of ether oxygens (including phenoxy) is 1. The highest BCUT2D eigenvalue weighted by molar-refractivity contribution is 5.77. The molecule has 0 spiro atoms. The van der Waals surface area contributed by atoms with Crippen molar-refractivity contribution in [1.29, 1.82) is 0 Å². The molecule has 0 aliphatic carbocycles. The molecule has 0 heterocycles. The van der Waals surface area contributed by atoms with Gasteiger partial charge in [-0.3, -0.25) is 9.59 Å². The summed E-state index contributed by atoms with van der Waals surface area (Å²) in [6.45, 7) is 0.462. The highest BCUT2D eigenvalue weighted by Gasteiger charge is 2.19. The number of rotatable bonds is 7. The van der Waals surface area contributed by atoms with E-state index < -0.39 is 17.9 Å². The second kappa shape index (κ2) is 6.42. The van der Waals surface area contributed by atoms with Crippen LogP contribution in [0.3, 0.4) is 0 Å². The lowest BCUT2D eigenvalue weighted by Gasteiger charge is -2.08. The zero-order valence-corrected chi connectivity index (χ0v) is 7.52. The van der Waals surface area contributed by atoms with Gasteiger partial charge in [0.25, 0.3) is 0 Å². The van der Waals surface area contributed by atoms with E-state index in [0.717, 1.165) is 0 Å². The monoisotopic (exact) mass is 190 g/mol. The lowest BCUT2D eigenvalue weighted by Crippen LogP contribution is -2.18. The van der Waals surface area contributed by atoms with Crippen LogP contribution in [-0.4, -0.2) is 35.9 Å². The standard InChI is InChI=1S/C8H14O5/c1-13-4-2-3-6(8(11)12)5-7(9)10/h6H,2-5H2,1H3,(H,9,10)(H,11,12). The van der Waals surface area contributed by atoms with Crippen LogP contribution in [0.25, 0.3) is 0 Å². The lowest BCUT2D eigenvalue weighted by molar-refractivity contribution is -0.148. The summed E-state index contributed by atoms with van der Waals surface area (Å²) in [6.07, 6.45) is 0.593. The first-order valence-electron chi connectivity index (χ1n) is 4.01. The third-order valence-electron chi connectivity index (χ3n) is 1.67. The number of carbonyl (C=O) groups is 2. The molecule has 0 aromatic carbocycles. The average molecular weight is 190 g/mol. The molecule has 0 amide bonds. The molecule has 0 aromatic rings. The fourth-order valence-electron chi connectivity index (χ4n) is 0.998. The van der Waals surface area contributed by atoms with Gasteiger partial charge in [-0.15, -0.1) is 0 Å². The van der Waals surface area contributed by atoms with E-state index in [-0.39, 0.29) is 6.42 Å². The van der Waals surface area contributed by atoms with Gasteiger partial charge in [-0.1, -0.05) is 0 Å². The maximum absolute atomic E-state index is 10.5. The summed E-state index contributed by atoms with van der Waals surface area (Å²) in [5.41, 5.74) is 0. The van der Waals surface area contributed by atoms with Crippen LogP contribution in [0.2, 0.25) is 0 Å². The number of methoxy groups -OCH3 is 1. The third kappa shape index (κ3) is 6.10. The first-order chi connectivity index (χ1) is 6.07. The Bertz CT molecular complexity index is 177. The van der Waals surface area contributed by atoms with Crippen molar-refractivity contribution in [1.82, 2.24) is 0 Å². The SMILES string of the molecule is COCCCC(CC(=O)O)C(=O)O. The second-order valence-corrected chi connectivity index (χ2v) is 2.77. The molecule has 2 N–H and O–H groups in total. The van der Waals surface area contributed by atoms with Crippen molar-refractivity contribution in [3.8, 4) is 0 Å². The zero-order chi connectivity index (χ0) is 10.3. The number of carboxylic acid groups (broad SMARTS) is 2. The van der Waals surface area contributed by atoms with E-state index in [2.05, 4.69) is 0 Å². The second-order valence-electron chi connectivity index (χ2n) is 2.77. The van der Waals surface area contributed by atoms with Gasteiger partial charge in [0.15, 0.2) is 0 Å². The van der Waals surface area contributed by atoms with E-state index in [0.29, 0.717) is 19.4 Å². The minimum atomic E-state index is -1.08. The maximum Gasteiger partial charge on any atom is 0.307 e. The summed E-state index contributed by atoms with van der Waals surface area (Å²) >= 11 is 0. The lowest BCUT2D eigenvalue weighted by atomic mass is 10.0. The molecule has 13 heavy (non-hydrogen) atoms. The molecule has 0 rings (SSSR count). The Morgan fingerprint density at radius 1 is 1.38 bits per heavy atom. The molecule has 1 atom stereocenters. The summed E-state index contributed by atoms with van der Waals surface area (Å²) in [7, 11) is 1.52. The first-order valence-corrected chi connectivity index (χ1v) is 4.01. The van der Waals surface area contributed by atoms with Gasteiger partial charge in [-0.25, -0.2) is 0 Å². The summed E-state index contributed by atoms with van der Waals surface area (Å²) < 4.78 is 4.74. The van der Waals surface area contributed by atoms with E-state index in [1.54, 1.807) is 0 Å². The molecule has 0 aliphatic rings. The fourth-order valence-corrected chi connectivity index (χ4v) is 0.998. The number of carboxylic acids is 2. The summed E-state index contributed by atoms with van der Waals surface area (Å²) in [5.74, 6) is -2.93. The van der Waals surface area contributed by atoms with Crippen LogP contribution in [0, 0.1) is 5.92 Å². The van der Waals surface area contributed by atoms with Gasteiger partial charge in [-0.05, 0) is 12.8 Å². The number of hydrogen-bond donors (Lipinski definition) is 2. The topological polar surface area (TPSA) is 83.8 Å². The predicted molar refractivity (Wildman–Crippen MR) is 44.5 cm³/mol. The summed E-state index contributed by atoms with van der Waals surface area (Å²) in [4.78, 5) is 20.8. The molecule has 0 bridgehead atoms. The van der Waals surface area contributed by atoms with Gasteiger partial charge in [0.2, 0.25) is 0 Å². The van der Waals surface area contributed by atoms with Crippen LogP contribution in [0.1, 0.15) is 19.3 Å². The molecular weight excluding hydrogens is 176 g/mol. The molecule has 0 aliphatic heterocycles. The van der Waals surface area contributed by atoms with E-state index in [4.69, 9.17) is 14.9 Å². The summed E-state index contributed by atoms with van der Waals surface area (Å²) in [6, 6.07) is 0. The molecule has 5 heteroatoms. The van der Waals surface area contributed by atoms with E-state index >= 15 is 0 Å². The van der Waals surface area contributed by atoms with Crippen LogP contribution < -0.4 is 0 Å². The van der Waals surface area contributed by atoms with Crippen molar-refractivity contribution in [3.05, 3.63) is 0 Å². The predicted octanol–water partition coefficient (Wildman–Crippen LogP) is 0.589. The Morgan fingerprint density at radius 3 is 2.38 bits per heavy atom. The van der Waals surface area contributed by atoms with E-state index in [1.165, 1.54) is 7.11 Å². The molecule has 0 saturated carbocycles. The Morgan fingerprint density at radius 2 is 2.00 bits per heavy atom. The van der Waals surface area contributed by atoms with Crippen molar-refractivity contribution in [2.24, 2.45) is 5.92 Å². The number of aliphatic carboxylic acids is 2. The number of hydrogen-bond acceptors (Lipinski definition) is 3. The minimum Gasteiger partial charge on any atom is -0.481 e. The minimum absolute atomic E-state index is 0.320. The largest absolute Gasteiger partial charge is 0.481 e. The smallest absolute Gasteiger partial charge is 0.307 e. The van der Waals surface area contributed by atoms with Crippen molar-refractivity contribution >= 4 is 11.9 Å². The molecule has 76 valence electrons. The van der Waals surface area contributed by atoms with Gasteiger partial charge in [0, 0.05) is 13.7 Å². The van der Waals surface area contributed by atoms with Gasteiger partial charge >= 0.3 is 11.9 Å². The molecule has 5 nitrogen and oxygen atoms in total. The maximum atomic E-state index is 10.5. The van der Waals surface area contributed by atoms with Crippen molar-refractivity contribution in [2.45, 2.75) is 19.3 Å². The first kappa shape index (κ1) is 11.9. The molecule has 0 fully saturated rings. The summed E-state index contributed by atoms with van der Waals surface area (Å²) in [5, 5.41) is 17.0. The quantitative estimate of drug-likeness (QED) is 0.574. The van der Waals surface area contributed by atoms with E-state index in [9.17, 15) is 9.59 Å². The molecule has 0 aromatic heterocycles. The van der Waals surface area contributed by atoms with Crippen LogP contribution >= 0.6 is 0 Å². The molecular formula is C8H14O5. The van der Waals surface area contributed by atoms with Gasteiger partial charge in [0.1, 0.15) is 0 Å². The molecule has 0 saturated heterocycles. The van der Waals surface area contributed by atoms with Gasteiger partial charge < -0.3 is 14.9 Å². The van der Waals surface area contributed by atoms with Crippen LogP contribution in [-0.2, 0) is 14.3 Å². The highest BCUT2D eigenvalue weighted by Crippen LogP contribution is 2.11. The normalized spacial score (nSPS) is 12.4. The van der Waals surface area contributed by atoms with Gasteiger partial charge in [0.05, 0.1) is 12.3 Å². The van der Waals surface area contributed by atoms with Crippen molar-refractivity contribution in [3.63, 3.8) is 0 Å². The fraction of sp³-hybridized carbons (Fsp3) is 0.750. The van der Waals surface area contributed by atoms with Gasteiger partial charge in [-0.2, -0.15) is 0 Å². The Hall–Kier alpha value is -1.10. The van der Waals surface area contributed by atoms with Crippen LogP contribution in [0.15, 0.2) is 0 Å². The molecule has 0 radical (unpaired) electrons. The Labute approximate surface area is 76.3 Å².